The van der Waals surface area contributed by atoms with E-state index in [2.05, 4.69) is 6.07 Å². The van der Waals surface area contributed by atoms with E-state index in [1.165, 1.54) is 6.08 Å². The molecule has 0 aromatic heterocycles. The highest BCUT2D eigenvalue weighted by atomic mass is 16.4. The minimum atomic E-state index is -0.983. The molecule has 0 aliphatic carbocycles. The van der Waals surface area contributed by atoms with Crippen molar-refractivity contribution in [2.24, 2.45) is 0 Å². The Bertz CT molecular complexity index is 681. The monoisotopic (exact) mass is 249 g/mol. The molecule has 19 heavy (non-hydrogen) atoms. The molecule has 0 atom stereocenters. The van der Waals surface area contributed by atoms with Crippen molar-refractivity contribution in [2.75, 3.05) is 0 Å². The van der Waals surface area contributed by atoms with Crippen LogP contribution >= 0.6 is 0 Å². The van der Waals surface area contributed by atoms with Crippen molar-refractivity contribution in [2.45, 2.75) is 0 Å². The number of hydrogen-bond donors (Lipinski definition) is 1. The van der Waals surface area contributed by atoms with Gasteiger partial charge in [-0.3, -0.25) is 0 Å². The Labute approximate surface area is 111 Å². The van der Waals surface area contributed by atoms with Crippen LogP contribution in [0.1, 0.15) is 11.1 Å². The van der Waals surface area contributed by atoms with Gasteiger partial charge in [0.15, 0.2) is 0 Å². The van der Waals surface area contributed by atoms with E-state index < -0.39 is 5.97 Å². The van der Waals surface area contributed by atoms with Crippen molar-refractivity contribution >= 4 is 12.0 Å². The predicted octanol–water partition coefficient (Wildman–Crippen LogP) is 3.32. The lowest BCUT2D eigenvalue weighted by Gasteiger charge is -2.04. The van der Waals surface area contributed by atoms with Crippen LogP contribution in [-0.2, 0) is 4.79 Å². The molecular formula is C16H11NO2. The number of nitrogens with zero attached hydrogens (tertiary/aromatic N) is 1. The zero-order valence-corrected chi connectivity index (χ0v) is 10.1. The molecule has 0 spiro atoms. The molecule has 3 heteroatoms. The SMILES string of the molecule is N#Cc1ccccc1-c1cccc(/C=C/C(=O)O)c1. The van der Waals surface area contributed by atoms with Gasteiger partial charge in [0.05, 0.1) is 11.6 Å². The molecule has 3 nitrogen and oxygen atoms in total. The Balaban J connectivity index is 2.44. The first-order valence-corrected chi connectivity index (χ1v) is 5.71. The van der Waals surface area contributed by atoms with Crippen molar-refractivity contribution in [3.63, 3.8) is 0 Å². The van der Waals surface area contributed by atoms with E-state index in [1.807, 2.05) is 42.5 Å². The van der Waals surface area contributed by atoms with Gasteiger partial charge in [-0.1, -0.05) is 36.4 Å². The lowest BCUT2D eigenvalue weighted by molar-refractivity contribution is -0.131. The molecule has 2 rings (SSSR count). The van der Waals surface area contributed by atoms with Crippen molar-refractivity contribution in [1.82, 2.24) is 0 Å². The molecule has 0 heterocycles. The minimum Gasteiger partial charge on any atom is -0.478 e. The van der Waals surface area contributed by atoms with Crippen LogP contribution in [0.3, 0.4) is 0 Å². The molecule has 2 aromatic rings. The molecule has 2 aromatic carbocycles. The summed E-state index contributed by atoms with van der Waals surface area (Å²) in [5.74, 6) is -0.983. The van der Waals surface area contributed by atoms with Gasteiger partial charge in [-0.2, -0.15) is 5.26 Å². The molecule has 0 aliphatic heterocycles. The minimum absolute atomic E-state index is 0.599. The van der Waals surface area contributed by atoms with Gasteiger partial charge in [-0.05, 0) is 34.9 Å². The summed E-state index contributed by atoms with van der Waals surface area (Å²) in [7, 11) is 0. The fraction of sp³-hybridized carbons (Fsp3) is 0. The normalized spacial score (nSPS) is 10.3. The molecule has 0 aliphatic rings. The Kier molecular flexibility index (Phi) is 3.75. The smallest absolute Gasteiger partial charge is 0.328 e. The number of carboxylic acids is 1. The average Bonchev–Trinajstić information content (AvgIpc) is 2.45. The van der Waals surface area contributed by atoms with Crippen LogP contribution in [0.5, 0.6) is 0 Å². The van der Waals surface area contributed by atoms with Gasteiger partial charge in [0.1, 0.15) is 0 Å². The number of carbonyl (C=O) groups is 1. The maximum atomic E-state index is 10.5. The van der Waals surface area contributed by atoms with Gasteiger partial charge in [-0.15, -0.1) is 0 Å². The zero-order valence-electron chi connectivity index (χ0n) is 10.1. The van der Waals surface area contributed by atoms with E-state index in [1.54, 1.807) is 6.07 Å². The molecule has 0 saturated heterocycles. The summed E-state index contributed by atoms with van der Waals surface area (Å²) in [5, 5.41) is 17.7. The first kappa shape index (κ1) is 12.6. The third kappa shape index (κ3) is 3.08. The second-order valence-electron chi connectivity index (χ2n) is 3.95. The van der Waals surface area contributed by atoms with Gasteiger partial charge >= 0.3 is 5.97 Å². The van der Waals surface area contributed by atoms with Gasteiger partial charge in [0.25, 0.3) is 0 Å². The number of carboxylic acid groups (broad SMARTS) is 1. The van der Waals surface area contributed by atoms with Crippen LogP contribution < -0.4 is 0 Å². The number of hydrogen-bond acceptors (Lipinski definition) is 2. The average molecular weight is 249 g/mol. The largest absolute Gasteiger partial charge is 0.478 e. The fourth-order valence-corrected chi connectivity index (χ4v) is 1.81. The first-order valence-electron chi connectivity index (χ1n) is 5.71. The first-order chi connectivity index (χ1) is 9.20. The molecular weight excluding hydrogens is 238 g/mol. The quantitative estimate of drug-likeness (QED) is 0.849. The number of aliphatic carboxylic acids is 1. The van der Waals surface area contributed by atoms with E-state index in [0.29, 0.717) is 5.56 Å². The standard InChI is InChI=1S/C16H11NO2/c17-11-14-5-1-2-7-15(14)13-6-3-4-12(10-13)8-9-16(18)19/h1-10H,(H,18,19)/b9-8+. The van der Waals surface area contributed by atoms with E-state index in [9.17, 15) is 4.79 Å². The molecule has 0 radical (unpaired) electrons. The third-order valence-corrected chi connectivity index (χ3v) is 2.66. The summed E-state index contributed by atoms with van der Waals surface area (Å²) in [6.45, 7) is 0. The fourth-order valence-electron chi connectivity index (χ4n) is 1.81. The second kappa shape index (κ2) is 5.65. The maximum absolute atomic E-state index is 10.5. The summed E-state index contributed by atoms with van der Waals surface area (Å²) >= 11 is 0. The van der Waals surface area contributed by atoms with E-state index in [0.717, 1.165) is 22.8 Å². The van der Waals surface area contributed by atoms with Gasteiger partial charge in [0, 0.05) is 6.08 Å². The maximum Gasteiger partial charge on any atom is 0.328 e. The lowest BCUT2D eigenvalue weighted by atomic mass is 9.98. The topological polar surface area (TPSA) is 61.1 Å². The summed E-state index contributed by atoms with van der Waals surface area (Å²) in [5.41, 5.74) is 3.12. The zero-order chi connectivity index (χ0) is 13.7. The second-order valence-corrected chi connectivity index (χ2v) is 3.95. The van der Waals surface area contributed by atoms with Crippen molar-refractivity contribution < 1.29 is 9.90 Å². The molecule has 0 bridgehead atoms. The Hall–Kier alpha value is -2.86. The predicted molar refractivity (Wildman–Crippen MR) is 73.3 cm³/mol. The summed E-state index contributed by atoms with van der Waals surface area (Å²) in [4.78, 5) is 10.5. The van der Waals surface area contributed by atoms with E-state index in [-0.39, 0.29) is 0 Å². The molecule has 1 N–H and O–H groups in total. The van der Waals surface area contributed by atoms with Gasteiger partial charge < -0.3 is 5.11 Å². The molecule has 0 saturated carbocycles. The number of rotatable bonds is 3. The van der Waals surface area contributed by atoms with Crippen LogP contribution in [0.4, 0.5) is 0 Å². The molecule has 0 amide bonds. The highest BCUT2D eigenvalue weighted by Crippen LogP contribution is 2.24. The van der Waals surface area contributed by atoms with Crippen molar-refractivity contribution in [1.29, 1.82) is 5.26 Å². The third-order valence-electron chi connectivity index (χ3n) is 2.66. The Morgan fingerprint density at radius 3 is 2.68 bits per heavy atom. The van der Waals surface area contributed by atoms with E-state index in [4.69, 9.17) is 10.4 Å². The molecule has 0 unspecified atom stereocenters. The Morgan fingerprint density at radius 2 is 1.95 bits per heavy atom. The van der Waals surface area contributed by atoms with Crippen molar-refractivity contribution in [3.05, 3.63) is 65.7 Å². The van der Waals surface area contributed by atoms with Crippen LogP contribution in [-0.4, -0.2) is 11.1 Å². The lowest BCUT2D eigenvalue weighted by Crippen LogP contribution is -1.87. The molecule has 92 valence electrons. The summed E-state index contributed by atoms with van der Waals surface area (Å²) in [6, 6.07) is 16.9. The van der Waals surface area contributed by atoms with E-state index >= 15 is 0 Å². The van der Waals surface area contributed by atoms with Crippen LogP contribution in [0.15, 0.2) is 54.6 Å². The van der Waals surface area contributed by atoms with Crippen LogP contribution in [0.2, 0.25) is 0 Å². The summed E-state index contributed by atoms with van der Waals surface area (Å²) in [6.07, 6.45) is 2.62. The van der Waals surface area contributed by atoms with Crippen LogP contribution in [0.25, 0.3) is 17.2 Å². The highest BCUT2D eigenvalue weighted by molar-refractivity contribution is 5.85. The summed E-state index contributed by atoms with van der Waals surface area (Å²) < 4.78 is 0. The van der Waals surface area contributed by atoms with Crippen molar-refractivity contribution in [3.8, 4) is 17.2 Å². The Morgan fingerprint density at radius 1 is 1.16 bits per heavy atom. The van der Waals surface area contributed by atoms with Gasteiger partial charge in [0.2, 0.25) is 0 Å². The van der Waals surface area contributed by atoms with Gasteiger partial charge in [-0.25, -0.2) is 4.79 Å². The van der Waals surface area contributed by atoms with Crippen LogP contribution in [0, 0.1) is 11.3 Å². The number of nitriles is 1. The highest BCUT2D eigenvalue weighted by Gasteiger charge is 2.03. The molecule has 0 fully saturated rings. The number of benzene rings is 2.